The Morgan fingerprint density at radius 2 is 1.04 bits per heavy atom. The summed E-state index contributed by atoms with van der Waals surface area (Å²) >= 11 is 0. The number of aryl methyl sites for hydroxylation is 2. The average Bonchev–Trinajstić information content (AvgIpc) is 2.56. The molecule has 0 heterocycles. The van der Waals surface area contributed by atoms with E-state index in [1.807, 2.05) is 0 Å². The van der Waals surface area contributed by atoms with Gasteiger partial charge in [0.15, 0.2) is 0 Å². The summed E-state index contributed by atoms with van der Waals surface area (Å²) in [6, 6.07) is 26.9. The van der Waals surface area contributed by atoms with E-state index >= 15 is 0 Å². The lowest BCUT2D eigenvalue weighted by Gasteiger charge is -2.08. The Hall–Kier alpha value is -2.34. The minimum Gasteiger partial charge on any atom is -0.0651 e. The molecule has 0 spiro atoms. The largest absolute Gasteiger partial charge is 0.0651 e. The fourth-order valence-corrected chi connectivity index (χ4v) is 3.33. The van der Waals surface area contributed by atoms with Crippen LogP contribution in [0, 0.1) is 6.92 Å². The van der Waals surface area contributed by atoms with Gasteiger partial charge in [-0.25, -0.2) is 0 Å². The minimum absolute atomic E-state index is 1.01. The Labute approximate surface area is 146 Å². The number of benzene rings is 3. The standard InChI is InChI=1S/C24H26/c1-3-7-20-9-5-11-22(15-20)17-24-13-6-12-23(18-24)16-21-10-4-8-19(2)14-21/h4-6,8-15,18H,3,7,16-17H2,1-2H3. The van der Waals surface area contributed by atoms with E-state index < -0.39 is 0 Å². The third-order valence-corrected chi connectivity index (χ3v) is 4.42. The van der Waals surface area contributed by atoms with Gasteiger partial charge in [-0.2, -0.15) is 0 Å². The van der Waals surface area contributed by atoms with Gasteiger partial charge in [0.05, 0.1) is 0 Å². The summed E-state index contributed by atoms with van der Waals surface area (Å²) in [7, 11) is 0. The molecule has 3 rings (SSSR count). The van der Waals surface area contributed by atoms with Crippen LogP contribution in [0.25, 0.3) is 0 Å². The first-order valence-electron chi connectivity index (χ1n) is 8.94. The van der Waals surface area contributed by atoms with Gasteiger partial charge in [0.25, 0.3) is 0 Å². The Morgan fingerprint density at radius 1 is 0.583 bits per heavy atom. The second-order valence-corrected chi connectivity index (χ2v) is 6.73. The highest BCUT2D eigenvalue weighted by Crippen LogP contribution is 2.17. The molecular formula is C24H26. The van der Waals surface area contributed by atoms with Crippen LogP contribution in [0.2, 0.25) is 0 Å². The molecule has 0 heteroatoms. The summed E-state index contributed by atoms with van der Waals surface area (Å²) < 4.78 is 0. The van der Waals surface area contributed by atoms with Gasteiger partial charge in [-0.05, 0) is 54.0 Å². The molecule has 0 atom stereocenters. The van der Waals surface area contributed by atoms with Crippen LogP contribution in [0.3, 0.4) is 0 Å². The van der Waals surface area contributed by atoms with Crippen LogP contribution in [-0.2, 0) is 19.3 Å². The van der Waals surface area contributed by atoms with Crippen molar-refractivity contribution in [2.45, 2.75) is 39.5 Å². The molecule has 0 saturated carbocycles. The zero-order chi connectivity index (χ0) is 16.8. The number of hydrogen-bond donors (Lipinski definition) is 0. The zero-order valence-electron chi connectivity index (χ0n) is 14.8. The van der Waals surface area contributed by atoms with Crippen LogP contribution in [0.5, 0.6) is 0 Å². The maximum Gasteiger partial charge on any atom is -0.00256 e. The van der Waals surface area contributed by atoms with Crippen LogP contribution in [0.15, 0.2) is 72.8 Å². The van der Waals surface area contributed by atoms with Crippen molar-refractivity contribution in [3.05, 3.63) is 106 Å². The molecule has 0 aliphatic heterocycles. The molecule has 24 heavy (non-hydrogen) atoms. The molecule has 122 valence electrons. The summed E-state index contributed by atoms with van der Waals surface area (Å²) in [5.74, 6) is 0. The molecule has 0 aliphatic rings. The first kappa shape index (κ1) is 16.5. The summed E-state index contributed by atoms with van der Waals surface area (Å²) in [5, 5.41) is 0. The second-order valence-electron chi connectivity index (χ2n) is 6.73. The fourth-order valence-electron chi connectivity index (χ4n) is 3.33. The van der Waals surface area contributed by atoms with Crippen LogP contribution >= 0.6 is 0 Å². The van der Waals surface area contributed by atoms with E-state index in [9.17, 15) is 0 Å². The van der Waals surface area contributed by atoms with E-state index in [1.54, 1.807) is 0 Å². The molecule has 0 N–H and O–H groups in total. The molecule has 0 aliphatic carbocycles. The lowest BCUT2D eigenvalue weighted by Crippen LogP contribution is -1.94. The van der Waals surface area contributed by atoms with Crippen molar-refractivity contribution in [3.63, 3.8) is 0 Å². The molecular weight excluding hydrogens is 288 g/mol. The van der Waals surface area contributed by atoms with Gasteiger partial charge in [0, 0.05) is 0 Å². The number of rotatable bonds is 6. The van der Waals surface area contributed by atoms with E-state index in [0.717, 1.165) is 12.8 Å². The van der Waals surface area contributed by atoms with Crippen molar-refractivity contribution in [1.82, 2.24) is 0 Å². The molecule has 0 amide bonds. The predicted molar refractivity (Wildman–Crippen MR) is 104 cm³/mol. The third kappa shape index (κ3) is 4.58. The van der Waals surface area contributed by atoms with Crippen LogP contribution in [-0.4, -0.2) is 0 Å². The summed E-state index contributed by atoms with van der Waals surface area (Å²) in [5.41, 5.74) is 8.37. The highest BCUT2D eigenvalue weighted by Gasteiger charge is 2.02. The van der Waals surface area contributed by atoms with Gasteiger partial charge >= 0.3 is 0 Å². The van der Waals surface area contributed by atoms with Gasteiger partial charge in [-0.3, -0.25) is 0 Å². The molecule has 0 radical (unpaired) electrons. The lowest BCUT2D eigenvalue weighted by molar-refractivity contribution is 0.918. The molecule has 3 aromatic rings. The van der Waals surface area contributed by atoms with Crippen molar-refractivity contribution in [1.29, 1.82) is 0 Å². The summed E-state index contributed by atoms with van der Waals surface area (Å²) in [6.07, 6.45) is 4.39. The monoisotopic (exact) mass is 314 g/mol. The molecule has 0 fully saturated rings. The van der Waals surface area contributed by atoms with Crippen LogP contribution in [0.4, 0.5) is 0 Å². The normalized spacial score (nSPS) is 10.8. The maximum absolute atomic E-state index is 2.36. The Morgan fingerprint density at radius 3 is 1.58 bits per heavy atom. The van der Waals surface area contributed by atoms with E-state index in [-0.39, 0.29) is 0 Å². The van der Waals surface area contributed by atoms with Crippen molar-refractivity contribution < 1.29 is 0 Å². The van der Waals surface area contributed by atoms with Crippen LogP contribution in [0.1, 0.15) is 46.7 Å². The van der Waals surface area contributed by atoms with Gasteiger partial charge < -0.3 is 0 Å². The Balaban J connectivity index is 1.74. The van der Waals surface area contributed by atoms with Crippen molar-refractivity contribution in [3.8, 4) is 0 Å². The molecule has 0 saturated heterocycles. The second kappa shape index (κ2) is 7.97. The van der Waals surface area contributed by atoms with Crippen molar-refractivity contribution >= 4 is 0 Å². The molecule has 3 aromatic carbocycles. The first-order valence-corrected chi connectivity index (χ1v) is 8.94. The lowest BCUT2D eigenvalue weighted by atomic mass is 9.97. The van der Waals surface area contributed by atoms with Crippen LogP contribution < -0.4 is 0 Å². The molecule has 0 aromatic heterocycles. The van der Waals surface area contributed by atoms with Gasteiger partial charge in [-0.1, -0.05) is 91.7 Å². The Bertz CT molecular complexity index is 798. The van der Waals surface area contributed by atoms with E-state index in [0.29, 0.717) is 0 Å². The topological polar surface area (TPSA) is 0 Å². The smallest absolute Gasteiger partial charge is 0.00256 e. The van der Waals surface area contributed by atoms with Gasteiger partial charge in [-0.15, -0.1) is 0 Å². The molecule has 0 bridgehead atoms. The zero-order valence-corrected chi connectivity index (χ0v) is 14.8. The van der Waals surface area contributed by atoms with E-state index in [4.69, 9.17) is 0 Å². The van der Waals surface area contributed by atoms with Gasteiger partial charge in [0.2, 0.25) is 0 Å². The third-order valence-electron chi connectivity index (χ3n) is 4.42. The van der Waals surface area contributed by atoms with E-state index in [1.165, 1.54) is 46.2 Å². The van der Waals surface area contributed by atoms with Gasteiger partial charge in [0.1, 0.15) is 0 Å². The number of hydrogen-bond acceptors (Lipinski definition) is 0. The highest BCUT2D eigenvalue weighted by atomic mass is 14.1. The highest BCUT2D eigenvalue weighted by molar-refractivity contribution is 5.34. The predicted octanol–water partition coefficient (Wildman–Crippen LogP) is 6.13. The minimum atomic E-state index is 1.01. The van der Waals surface area contributed by atoms with Crippen molar-refractivity contribution in [2.24, 2.45) is 0 Å². The van der Waals surface area contributed by atoms with E-state index in [2.05, 4.69) is 86.6 Å². The Kier molecular flexibility index (Phi) is 5.48. The molecule has 0 nitrogen and oxygen atoms in total. The average molecular weight is 314 g/mol. The summed E-state index contributed by atoms with van der Waals surface area (Å²) in [4.78, 5) is 0. The molecule has 0 unspecified atom stereocenters. The summed E-state index contributed by atoms with van der Waals surface area (Å²) in [6.45, 7) is 4.39. The first-order chi connectivity index (χ1) is 11.7. The quantitative estimate of drug-likeness (QED) is 0.513. The SMILES string of the molecule is CCCc1cccc(Cc2cccc(Cc3cccc(C)c3)c2)c1. The van der Waals surface area contributed by atoms with Crippen molar-refractivity contribution in [2.75, 3.05) is 0 Å². The maximum atomic E-state index is 2.36. The fraction of sp³-hybridized carbons (Fsp3) is 0.250.